The van der Waals surface area contributed by atoms with Crippen LogP contribution in [0.4, 0.5) is 0 Å². The first-order chi connectivity index (χ1) is 14.6. The highest BCUT2D eigenvalue weighted by molar-refractivity contribution is 5.84. The number of carbonyl (C=O) groups excluding carboxylic acids is 1. The minimum Gasteiger partial charge on any atom is -0.476 e. The van der Waals surface area contributed by atoms with Crippen molar-refractivity contribution in [1.82, 2.24) is 10.5 Å². The van der Waals surface area contributed by atoms with Gasteiger partial charge in [0.15, 0.2) is 11.6 Å². The van der Waals surface area contributed by atoms with Crippen LogP contribution in [-0.4, -0.2) is 22.0 Å². The van der Waals surface area contributed by atoms with Gasteiger partial charge in [0, 0.05) is 12.3 Å². The summed E-state index contributed by atoms with van der Waals surface area (Å²) in [5, 5.41) is 9.11. The summed E-state index contributed by atoms with van der Waals surface area (Å²) in [7, 11) is 0. The number of aromatic carboxylic acids is 1. The van der Waals surface area contributed by atoms with Gasteiger partial charge in [-0.15, -0.1) is 0 Å². The molecule has 0 bridgehead atoms. The van der Waals surface area contributed by atoms with E-state index in [9.17, 15) is 9.59 Å². The lowest BCUT2D eigenvalue weighted by Crippen LogP contribution is -2.25. The summed E-state index contributed by atoms with van der Waals surface area (Å²) in [5.74, 6) is -0.636. The number of hydroxylamine groups is 1. The minimum atomic E-state index is -1.14. The molecule has 1 atom stereocenters. The zero-order valence-corrected chi connectivity index (χ0v) is 17.2. The maximum absolute atomic E-state index is 12.4. The molecule has 0 spiro atoms. The smallest absolute Gasteiger partial charge is 0.357 e. The van der Waals surface area contributed by atoms with Gasteiger partial charge in [0.1, 0.15) is 6.26 Å². The van der Waals surface area contributed by atoms with Crippen molar-refractivity contribution >= 4 is 11.9 Å². The molecule has 1 aliphatic carbocycles. The van der Waals surface area contributed by atoms with E-state index < -0.39 is 5.97 Å². The third-order valence-electron chi connectivity index (χ3n) is 5.68. The first kappa shape index (κ1) is 22.0. The van der Waals surface area contributed by atoms with Crippen LogP contribution in [0, 0.1) is 5.92 Å². The topological polar surface area (TPSA) is 102 Å². The number of carboxylic acid groups (broad SMARTS) is 1. The standard InChI is InChI=1S/C23H30N2O5/c26-21(25-30-15-18-10-5-2-6-11-18)14-19(22-24-20(16-29-22)23(27)28)13-7-12-17-8-3-1-4-9-17/h2,5-6,10-11,16-17,19H,1,3-4,7-9,12-15H2,(H,25,26)(H,27,28)/t19-/m1/s1. The summed E-state index contributed by atoms with van der Waals surface area (Å²) in [4.78, 5) is 32.9. The Morgan fingerprint density at radius 1 is 1.20 bits per heavy atom. The van der Waals surface area contributed by atoms with Crippen molar-refractivity contribution in [2.45, 2.75) is 70.3 Å². The lowest BCUT2D eigenvalue weighted by molar-refractivity contribution is -0.135. The quantitative estimate of drug-likeness (QED) is 0.510. The number of benzene rings is 1. The van der Waals surface area contributed by atoms with Crippen LogP contribution in [0.5, 0.6) is 0 Å². The Labute approximate surface area is 176 Å². The largest absolute Gasteiger partial charge is 0.476 e. The Bertz CT molecular complexity index is 799. The molecule has 7 heteroatoms. The third kappa shape index (κ3) is 6.99. The van der Waals surface area contributed by atoms with E-state index in [2.05, 4.69) is 10.5 Å². The predicted molar refractivity (Wildman–Crippen MR) is 111 cm³/mol. The first-order valence-electron chi connectivity index (χ1n) is 10.7. The van der Waals surface area contributed by atoms with Crippen molar-refractivity contribution in [3.8, 4) is 0 Å². The van der Waals surface area contributed by atoms with E-state index >= 15 is 0 Å². The molecule has 0 radical (unpaired) electrons. The molecule has 0 aliphatic heterocycles. The van der Waals surface area contributed by atoms with Crippen LogP contribution < -0.4 is 5.48 Å². The molecular weight excluding hydrogens is 384 g/mol. The second-order valence-electron chi connectivity index (χ2n) is 8.01. The van der Waals surface area contributed by atoms with E-state index in [1.165, 1.54) is 32.1 Å². The minimum absolute atomic E-state index is 0.136. The highest BCUT2D eigenvalue weighted by Crippen LogP contribution is 2.31. The molecule has 3 rings (SSSR count). The van der Waals surface area contributed by atoms with Crippen LogP contribution >= 0.6 is 0 Å². The van der Waals surface area contributed by atoms with Crippen LogP contribution in [0.3, 0.4) is 0 Å². The number of aromatic nitrogens is 1. The number of rotatable bonds is 11. The fourth-order valence-electron chi connectivity index (χ4n) is 4.05. The monoisotopic (exact) mass is 414 g/mol. The lowest BCUT2D eigenvalue weighted by atomic mass is 9.84. The molecule has 1 aliphatic rings. The molecule has 1 amide bonds. The van der Waals surface area contributed by atoms with Crippen LogP contribution in [0.15, 0.2) is 41.0 Å². The zero-order chi connectivity index (χ0) is 21.2. The van der Waals surface area contributed by atoms with Gasteiger partial charge in [-0.3, -0.25) is 9.63 Å². The van der Waals surface area contributed by atoms with E-state index in [0.29, 0.717) is 5.89 Å². The van der Waals surface area contributed by atoms with Gasteiger partial charge in [-0.2, -0.15) is 0 Å². The highest BCUT2D eigenvalue weighted by Gasteiger charge is 2.23. The maximum atomic E-state index is 12.4. The van der Waals surface area contributed by atoms with Gasteiger partial charge in [0.25, 0.3) is 0 Å². The van der Waals surface area contributed by atoms with E-state index in [0.717, 1.165) is 37.0 Å². The second-order valence-corrected chi connectivity index (χ2v) is 8.01. The number of carbonyl (C=O) groups is 2. The van der Waals surface area contributed by atoms with Crippen molar-refractivity contribution < 1.29 is 24.0 Å². The third-order valence-corrected chi connectivity index (χ3v) is 5.68. The summed E-state index contributed by atoms with van der Waals surface area (Å²) in [6.07, 6.45) is 10.6. The SMILES string of the molecule is O=C(C[C@@H](CCCC1CCCCC1)c1nc(C(=O)O)co1)NOCc1ccccc1. The van der Waals surface area contributed by atoms with Gasteiger partial charge >= 0.3 is 5.97 Å². The molecule has 0 unspecified atom stereocenters. The number of nitrogens with one attached hydrogen (secondary N) is 1. The van der Waals surface area contributed by atoms with Gasteiger partial charge in [-0.05, 0) is 17.9 Å². The van der Waals surface area contributed by atoms with E-state index in [4.69, 9.17) is 14.4 Å². The molecule has 1 aromatic heterocycles. The molecule has 1 saturated carbocycles. The van der Waals surface area contributed by atoms with E-state index in [-0.39, 0.29) is 30.5 Å². The summed E-state index contributed by atoms with van der Waals surface area (Å²) in [6.45, 7) is 0.279. The molecule has 162 valence electrons. The van der Waals surface area contributed by atoms with E-state index in [1.54, 1.807) is 0 Å². The number of oxazole rings is 1. The average molecular weight is 415 g/mol. The molecule has 0 saturated heterocycles. The molecule has 2 N–H and O–H groups in total. The van der Waals surface area contributed by atoms with Gasteiger partial charge < -0.3 is 9.52 Å². The van der Waals surface area contributed by atoms with Crippen molar-refractivity contribution in [3.05, 3.63) is 53.7 Å². The normalized spacial score (nSPS) is 15.6. The van der Waals surface area contributed by atoms with Gasteiger partial charge in [-0.1, -0.05) is 75.3 Å². The van der Waals surface area contributed by atoms with Crippen molar-refractivity contribution in [1.29, 1.82) is 0 Å². The highest BCUT2D eigenvalue weighted by atomic mass is 16.6. The van der Waals surface area contributed by atoms with Crippen LogP contribution in [0.2, 0.25) is 0 Å². The van der Waals surface area contributed by atoms with Gasteiger partial charge in [0.05, 0.1) is 6.61 Å². The summed E-state index contributed by atoms with van der Waals surface area (Å²) in [5.41, 5.74) is 3.30. The summed E-state index contributed by atoms with van der Waals surface area (Å²) >= 11 is 0. The fraction of sp³-hybridized carbons (Fsp3) is 0.522. The molecular formula is C23H30N2O5. The average Bonchev–Trinajstić information content (AvgIpc) is 3.25. The molecule has 1 aromatic carbocycles. The van der Waals surface area contributed by atoms with Crippen molar-refractivity contribution in [2.24, 2.45) is 5.92 Å². The molecule has 1 fully saturated rings. The first-order valence-corrected chi connectivity index (χ1v) is 10.7. The number of nitrogens with zero attached hydrogens (tertiary/aromatic N) is 1. The van der Waals surface area contributed by atoms with Crippen LogP contribution in [0.25, 0.3) is 0 Å². The number of carboxylic acids is 1. The number of amides is 1. The molecule has 1 heterocycles. The van der Waals surface area contributed by atoms with Gasteiger partial charge in [-0.25, -0.2) is 15.3 Å². The molecule has 30 heavy (non-hydrogen) atoms. The molecule has 2 aromatic rings. The maximum Gasteiger partial charge on any atom is 0.357 e. The lowest BCUT2D eigenvalue weighted by Gasteiger charge is -2.22. The number of hydrogen-bond donors (Lipinski definition) is 2. The fourth-order valence-corrected chi connectivity index (χ4v) is 4.05. The Kier molecular flexibility index (Phi) is 8.44. The van der Waals surface area contributed by atoms with E-state index in [1.807, 2.05) is 30.3 Å². The van der Waals surface area contributed by atoms with Gasteiger partial charge in [0.2, 0.25) is 5.91 Å². The van der Waals surface area contributed by atoms with Crippen molar-refractivity contribution in [2.75, 3.05) is 0 Å². The number of hydrogen-bond acceptors (Lipinski definition) is 5. The Morgan fingerprint density at radius 2 is 1.97 bits per heavy atom. The Hall–Kier alpha value is -2.67. The zero-order valence-electron chi connectivity index (χ0n) is 17.2. The van der Waals surface area contributed by atoms with Crippen LogP contribution in [0.1, 0.15) is 85.6 Å². The summed E-state index contributed by atoms with van der Waals surface area (Å²) < 4.78 is 5.39. The molecule has 7 nitrogen and oxygen atoms in total. The van der Waals surface area contributed by atoms with Crippen LogP contribution in [-0.2, 0) is 16.2 Å². The second kappa shape index (κ2) is 11.5. The predicted octanol–water partition coefficient (Wildman–Crippen LogP) is 4.85. The Morgan fingerprint density at radius 3 is 2.67 bits per heavy atom. The summed E-state index contributed by atoms with van der Waals surface area (Å²) in [6, 6.07) is 9.57. The Balaban J connectivity index is 1.52. The van der Waals surface area contributed by atoms with Crippen molar-refractivity contribution in [3.63, 3.8) is 0 Å².